The second kappa shape index (κ2) is 8.86. The van der Waals surface area contributed by atoms with Gasteiger partial charge in [-0.1, -0.05) is 6.08 Å². The number of likely N-dealkylation sites (tertiary alicyclic amines) is 1. The molecule has 0 unspecified atom stereocenters. The zero-order valence-corrected chi connectivity index (χ0v) is 17.4. The van der Waals surface area contributed by atoms with E-state index >= 15 is 0 Å². The van der Waals surface area contributed by atoms with Crippen molar-refractivity contribution < 1.29 is 9.84 Å². The van der Waals surface area contributed by atoms with Gasteiger partial charge in [0.2, 0.25) is 0 Å². The number of allylic oxidation sites excluding steroid dienone is 1. The fourth-order valence-corrected chi connectivity index (χ4v) is 4.83. The molecular formula is C21H36N4O2. The number of rotatable bonds is 7. The number of aryl methyl sites for hydroxylation is 1. The summed E-state index contributed by atoms with van der Waals surface area (Å²) in [6.07, 6.45) is 2.47. The summed E-state index contributed by atoms with van der Waals surface area (Å²) in [5, 5.41) is 14.6. The van der Waals surface area contributed by atoms with Crippen molar-refractivity contribution in [2.75, 3.05) is 39.3 Å². The van der Waals surface area contributed by atoms with Gasteiger partial charge in [0, 0.05) is 57.1 Å². The molecule has 0 bridgehead atoms. The second-order valence-electron chi connectivity index (χ2n) is 8.49. The van der Waals surface area contributed by atoms with E-state index in [9.17, 15) is 5.11 Å². The molecule has 2 saturated heterocycles. The average Bonchev–Trinajstić information content (AvgIpc) is 3.10. The Morgan fingerprint density at radius 3 is 2.41 bits per heavy atom. The normalized spacial score (nSPS) is 30.1. The number of aliphatic hydroxyl groups excluding tert-OH is 1. The molecule has 0 aromatic carbocycles. The first-order chi connectivity index (χ1) is 12.9. The summed E-state index contributed by atoms with van der Waals surface area (Å²) in [5.41, 5.74) is 3.66. The van der Waals surface area contributed by atoms with Gasteiger partial charge in [0.25, 0.3) is 0 Å². The Hall–Kier alpha value is -1.21. The van der Waals surface area contributed by atoms with Crippen molar-refractivity contribution >= 4 is 0 Å². The molecule has 2 fully saturated rings. The van der Waals surface area contributed by atoms with Crippen LogP contribution < -0.4 is 0 Å². The van der Waals surface area contributed by atoms with Crippen LogP contribution in [0.3, 0.4) is 0 Å². The van der Waals surface area contributed by atoms with Gasteiger partial charge in [0.15, 0.2) is 0 Å². The van der Waals surface area contributed by atoms with Crippen LogP contribution in [0.15, 0.2) is 12.7 Å². The highest BCUT2D eigenvalue weighted by molar-refractivity contribution is 5.25. The monoisotopic (exact) mass is 376 g/mol. The fourth-order valence-electron chi connectivity index (χ4n) is 4.83. The van der Waals surface area contributed by atoms with E-state index in [2.05, 4.69) is 49.2 Å². The number of ether oxygens (including phenoxy) is 1. The highest BCUT2D eigenvalue weighted by atomic mass is 16.5. The van der Waals surface area contributed by atoms with Gasteiger partial charge in [-0.3, -0.25) is 14.5 Å². The summed E-state index contributed by atoms with van der Waals surface area (Å²) in [6, 6.07) is 0. The largest absolute Gasteiger partial charge is 0.396 e. The van der Waals surface area contributed by atoms with Crippen LogP contribution in [0.2, 0.25) is 0 Å². The van der Waals surface area contributed by atoms with Crippen LogP contribution in [-0.2, 0) is 17.8 Å². The molecule has 4 atom stereocenters. The molecule has 27 heavy (non-hydrogen) atoms. The fraction of sp³-hybridized carbons (Fsp3) is 0.762. The van der Waals surface area contributed by atoms with Gasteiger partial charge >= 0.3 is 0 Å². The molecule has 1 aromatic heterocycles. The van der Waals surface area contributed by atoms with Crippen molar-refractivity contribution in [3.05, 3.63) is 29.6 Å². The van der Waals surface area contributed by atoms with E-state index in [0.717, 1.165) is 51.5 Å². The third-order valence-corrected chi connectivity index (χ3v) is 6.09. The SMILES string of the molecule is C=CCn1nc(C)c(CN2C[C@H](CO)[C@H](CN3C[C@@H](C)O[C@@H](C)C3)C2)c1C. The van der Waals surface area contributed by atoms with Crippen LogP contribution in [0.25, 0.3) is 0 Å². The lowest BCUT2D eigenvalue weighted by atomic mass is 9.96. The van der Waals surface area contributed by atoms with Gasteiger partial charge < -0.3 is 9.84 Å². The lowest BCUT2D eigenvalue weighted by Gasteiger charge is -2.37. The first-order valence-corrected chi connectivity index (χ1v) is 10.3. The molecule has 3 rings (SSSR count). The Kier molecular flexibility index (Phi) is 6.74. The molecule has 0 spiro atoms. The maximum Gasteiger partial charge on any atom is 0.0678 e. The molecule has 0 saturated carbocycles. The van der Waals surface area contributed by atoms with Gasteiger partial charge in [-0.05, 0) is 39.5 Å². The van der Waals surface area contributed by atoms with Gasteiger partial charge in [-0.2, -0.15) is 5.10 Å². The first-order valence-electron chi connectivity index (χ1n) is 10.3. The quantitative estimate of drug-likeness (QED) is 0.736. The molecule has 1 aromatic rings. The molecule has 152 valence electrons. The summed E-state index contributed by atoms with van der Waals surface area (Å²) in [6.45, 7) is 19.3. The van der Waals surface area contributed by atoms with Gasteiger partial charge in [0.05, 0.1) is 24.4 Å². The Balaban J connectivity index is 1.63. The standard InChI is InChI=1S/C21H36N4O2/c1-6-7-25-18(5)21(17(4)22-25)13-24-11-19(20(12-24)14-26)10-23-8-15(2)27-16(3)9-23/h6,15-16,19-20,26H,1,7-14H2,2-5H3/t15-,16+,19-,20-/m1/s1. The summed E-state index contributed by atoms with van der Waals surface area (Å²) >= 11 is 0. The van der Waals surface area contributed by atoms with E-state index in [-0.39, 0.29) is 6.61 Å². The predicted molar refractivity (Wildman–Crippen MR) is 108 cm³/mol. The van der Waals surface area contributed by atoms with Crippen LogP contribution >= 0.6 is 0 Å². The van der Waals surface area contributed by atoms with Gasteiger partial charge in [0.1, 0.15) is 0 Å². The average molecular weight is 377 g/mol. The van der Waals surface area contributed by atoms with E-state index in [4.69, 9.17) is 4.74 Å². The molecule has 0 aliphatic carbocycles. The zero-order valence-electron chi connectivity index (χ0n) is 17.4. The highest BCUT2D eigenvalue weighted by Crippen LogP contribution is 2.28. The summed E-state index contributed by atoms with van der Waals surface area (Å²) in [4.78, 5) is 5.02. The van der Waals surface area contributed by atoms with E-state index in [1.165, 1.54) is 11.3 Å². The minimum absolute atomic E-state index is 0.268. The smallest absolute Gasteiger partial charge is 0.0678 e. The Labute approximate surface area is 163 Å². The number of nitrogens with zero attached hydrogens (tertiary/aromatic N) is 4. The lowest BCUT2D eigenvalue weighted by Crippen LogP contribution is -2.48. The summed E-state index contributed by atoms with van der Waals surface area (Å²) < 4.78 is 7.90. The molecule has 2 aliphatic rings. The van der Waals surface area contributed by atoms with Crippen LogP contribution in [0.4, 0.5) is 0 Å². The first kappa shape index (κ1) is 20.5. The molecule has 1 N–H and O–H groups in total. The maximum absolute atomic E-state index is 9.94. The lowest BCUT2D eigenvalue weighted by molar-refractivity contribution is -0.0727. The third-order valence-electron chi connectivity index (χ3n) is 6.09. The number of aromatic nitrogens is 2. The second-order valence-corrected chi connectivity index (χ2v) is 8.49. The minimum atomic E-state index is 0.268. The van der Waals surface area contributed by atoms with Crippen molar-refractivity contribution in [3.8, 4) is 0 Å². The molecule has 0 amide bonds. The Bertz CT molecular complexity index is 634. The van der Waals surface area contributed by atoms with E-state index in [0.29, 0.717) is 24.0 Å². The molecule has 6 nitrogen and oxygen atoms in total. The molecule has 3 heterocycles. The number of aliphatic hydroxyl groups is 1. The topological polar surface area (TPSA) is 53.8 Å². The number of hydrogen-bond acceptors (Lipinski definition) is 5. The molecule has 2 aliphatic heterocycles. The highest BCUT2D eigenvalue weighted by Gasteiger charge is 2.35. The third kappa shape index (κ3) is 4.80. The van der Waals surface area contributed by atoms with Crippen LogP contribution in [0.5, 0.6) is 0 Å². The molecule has 0 radical (unpaired) electrons. The van der Waals surface area contributed by atoms with Crippen LogP contribution in [-0.4, -0.2) is 76.2 Å². The summed E-state index contributed by atoms with van der Waals surface area (Å²) in [5.74, 6) is 0.860. The van der Waals surface area contributed by atoms with Crippen LogP contribution in [0.1, 0.15) is 30.8 Å². The van der Waals surface area contributed by atoms with E-state index in [1.54, 1.807) is 0 Å². The minimum Gasteiger partial charge on any atom is -0.396 e. The maximum atomic E-state index is 9.94. The molecular weight excluding hydrogens is 340 g/mol. The molecule has 6 heteroatoms. The van der Waals surface area contributed by atoms with Gasteiger partial charge in [-0.25, -0.2) is 0 Å². The van der Waals surface area contributed by atoms with Crippen LogP contribution in [0, 0.1) is 25.7 Å². The Morgan fingerprint density at radius 1 is 1.11 bits per heavy atom. The number of morpholine rings is 1. The Morgan fingerprint density at radius 2 is 1.78 bits per heavy atom. The zero-order chi connectivity index (χ0) is 19.6. The van der Waals surface area contributed by atoms with Crippen molar-refractivity contribution in [3.63, 3.8) is 0 Å². The summed E-state index contributed by atoms with van der Waals surface area (Å²) in [7, 11) is 0. The van der Waals surface area contributed by atoms with Crippen molar-refractivity contribution in [2.24, 2.45) is 11.8 Å². The van der Waals surface area contributed by atoms with Crippen molar-refractivity contribution in [2.45, 2.75) is 53.0 Å². The van der Waals surface area contributed by atoms with E-state index in [1.807, 2.05) is 10.8 Å². The van der Waals surface area contributed by atoms with Gasteiger partial charge in [-0.15, -0.1) is 6.58 Å². The number of hydrogen-bond donors (Lipinski definition) is 1. The predicted octanol–water partition coefficient (Wildman–Crippen LogP) is 1.84. The van der Waals surface area contributed by atoms with E-state index < -0.39 is 0 Å². The van der Waals surface area contributed by atoms with Crippen molar-refractivity contribution in [1.29, 1.82) is 0 Å². The van der Waals surface area contributed by atoms with Crippen molar-refractivity contribution in [1.82, 2.24) is 19.6 Å².